The number of para-hydroxylation sites is 1. The summed E-state index contributed by atoms with van der Waals surface area (Å²) < 4.78 is 27.7. The molecule has 0 bridgehead atoms. The van der Waals surface area contributed by atoms with Crippen molar-refractivity contribution in [2.24, 2.45) is 0 Å². The average molecular weight is 420 g/mol. The highest BCUT2D eigenvalue weighted by Crippen LogP contribution is 2.32. The largest absolute Gasteiger partial charge is 0.490 e. The fourth-order valence-corrected chi connectivity index (χ4v) is 2.93. The molecule has 0 aliphatic heterocycles. The van der Waals surface area contributed by atoms with Crippen molar-refractivity contribution in [1.29, 1.82) is 0 Å². The predicted molar refractivity (Wildman–Crippen MR) is 114 cm³/mol. The van der Waals surface area contributed by atoms with Gasteiger partial charge in [0.25, 0.3) is 0 Å². The van der Waals surface area contributed by atoms with Gasteiger partial charge >= 0.3 is 0 Å². The number of hydrogen-bond donors (Lipinski definition) is 1. The van der Waals surface area contributed by atoms with Gasteiger partial charge in [-0.1, -0.05) is 30.3 Å². The highest BCUT2D eigenvalue weighted by Gasteiger charge is 2.12. The van der Waals surface area contributed by atoms with E-state index in [9.17, 15) is 4.39 Å². The van der Waals surface area contributed by atoms with E-state index in [1.807, 2.05) is 37.6 Å². The van der Waals surface area contributed by atoms with Crippen molar-refractivity contribution >= 4 is 12.4 Å². The smallest absolute Gasteiger partial charge is 0.166 e. The number of aromatic nitrogens is 2. The summed E-state index contributed by atoms with van der Waals surface area (Å²) in [7, 11) is 0. The van der Waals surface area contributed by atoms with Crippen LogP contribution >= 0.6 is 12.4 Å². The van der Waals surface area contributed by atoms with E-state index >= 15 is 0 Å². The summed E-state index contributed by atoms with van der Waals surface area (Å²) in [6.45, 7) is 5.06. The highest BCUT2D eigenvalue weighted by atomic mass is 35.5. The van der Waals surface area contributed by atoms with E-state index in [0.29, 0.717) is 30.2 Å². The Balaban J connectivity index is 0.00000300. The van der Waals surface area contributed by atoms with Gasteiger partial charge in [-0.15, -0.1) is 12.4 Å². The summed E-state index contributed by atoms with van der Waals surface area (Å²) in [5.74, 6) is 1.07. The molecule has 156 valence electrons. The molecule has 3 rings (SSSR count). The summed E-state index contributed by atoms with van der Waals surface area (Å²) in [5, 5.41) is 3.44. The summed E-state index contributed by atoms with van der Waals surface area (Å²) in [5.41, 5.74) is 1.51. The van der Waals surface area contributed by atoms with Gasteiger partial charge in [-0.3, -0.25) is 0 Å². The van der Waals surface area contributed by atoms with Crippen LogP contribution < -0.4 is 14.8 Å². The van der Waals surface area contributed by atoms with Crippen LogP contribution in [0.1, 0.15) is 24.5 Å². The maximum absolute atomic E-state index is 13.9. The summed E-state index contributed by atoms with van der Waals surface area (Å²) in [6, 6.07) is 12.5. The van der Waals surface area contributed by atoms with Gasteiger partial charge in [-0.2, -0.15) is 0 Å². The molecular formula is C22H27ClFN3O2. The van der Waals surface area contributed by atoms with E-state index in [2.05, 4.69) is 14.9 Å². The third-order valence-corrected chi connectivity index (χ3v) is 4.33. The molecule has 7 heteroatoms. The van der Waals surface area contributed by atoms with E-state index in [1.54, 1.807) is 24.4 Å². The van der Waals surface area contributed by atoms with Gasteiger partial charge < -0.3 is 19.4 Å². The number of aryl methyl sites for hydroxylation is 1. The van der Waals surface area contributed by atoms with Crippen LogP contribution in [0.4, 0.5) is 4.39 Å². The zero-order valence-corrected chi connectivity index (χ0v) is 17.3. The second-order valence-electron chi connectivity index (χ2n) is 6.39. The van der Waals surface area contributed by atoms with Crippen molar-refractivity contribution < 1.29 is 13.9 Å². The maximum Gasteiger partial charge on any atom is 0.166 e. The van der Waals surface area contributed by atoms with Gasteiger partial charge in [0, 0.05) is 36.6 Å². The normalized spacial score (nSPS) is 10.4. The fraction of sp³-hybridized carbons (Fsp3) is 0.318. The molecule has 1 N–H and O–H groups in total. The first-order valence-electron chi connectivity index (χ1n) is 9.55. The van der Waals surface area contributed by atoms with Crippen LogP contribution in [0.5, 0.6) is 11.5 Å². The van der Waals surface area contributed by atoms with E-state index in [0.717, 1.165) is 25.1 Å². The van der Waals surface area contributed by atoms with Crippen molar-refractivity contribution in [3.63, 3.8) is 0 Å². The van der Waals surface area contributed by atoms with Gasteiger partial charge in [0.15, 0.2) is 11.5 Å². The molecule has 0 unspecified atom stereocenters. The molecule has 5 nitrogen and oxygen atoms in total. The number of imidazole rings is 1. The number of halogens is 2. The van der Waals surface area contributed by atoms with Crippen LogP contribution in [0.3, 0.4) is 0 Å². The van der Waals surface area contributed by atoms with E-state index in [-0.39, 0.29) is 24.8 Å². The number of ether oxygens (including phenoxy) is 2. The first kappa shape index (κ1) is 22.7. The Morgan fingerprint density at radius 1 is 1.07 bits per heavy atom. The Bertz CT molecular complexity index is 859. The molecule has 0 amide bonds. The SMILES string of the molecule is CCOc1cccc(CNCCCn2ccnc2)c1OCc1ccccc1F.Cl. The first-order chi connectivity index (χ1) is 13.8. The molecule has 0 spiro atoms. The van der Waals surface area contributed by atoms with Crippen molar-refractivity contribution in [3.8, 4) is 11.5 Å². The second-order valence-corrected chi connectivity index (χ2v) is 6.39. The van der Waals surface area contributed by atoms with Gasteiger partial charge in [-0.25, -0.2) is 9.37 Å². The first-order valence-corrected chi connectivity index (χ1v) is 9.55. The monoisotopic (exact) mass is 419 g/mol. The third kappa shape index (κ3) is 6.76. The van der Waals surface area contributed by atoms with Gasteiger partial charge in [0.05, 0.1) is 12.9 Å². The van der Waals surface area contributed by atoms with Crippen molar-refractivity contribution in [2.75, 3.05) is 13.2 Å². The lowest BCUT2D eigenvalue weighted by Crippen LogP contribution is -2.17. The average Bonchev–Trinajstić information content (AvgIpc) is 3.22. The number of hydrogen-bond acceptors (Lipinski definition) is 4. The van der Waals surface area contributed by atoms with Crippen molar-refractivity contribution in [1.82, 2.24) is 14.9 Å². The maximum atomic E-state index is 13.9. The fourth-order valence-electron chi connectivity index (χ4n) is 2.93. The molecule has 29 heavy (non-hydrogen) atoms. The molecule has 0 saturated carbocycles. The van der Waals surface area contributed by atoms with Gasteiger partial charge in [-0.05, 0) is 32.0 Å². The minimum atomic E-state index is -0.268. The number of nitrogens with zero attached hydrogens (tertiary/aromatic N) is 2. The standard InChI is InChI=1S/C22H26FN3O2.ClH/c1-2-27-21-10-5-8-18(15-24-11-6-13-26-14-12-25-17-26)22(21)28-16-19-7-3-4-9-20(19)23;/h3-5,7-10,12,14,17,24H,2,6,11,13,15-16H2,1H3;1H. The molecule has 0 aliphatic carbocycles. The molecular weight excluding hydrogens is 393 g/mol. The summed E-state index contributed by atoms with van der Waals surface area (Å²) in [6.07, 6.45) is 6.55. The van der Waals surface area contributed by atoms with Crippen LogP contribution in [0.25, 0.3) is 0 Å². The molecule has 3 aromatic rings. The molecule has 2 aromatic carbocycles. The van der Waals surface area contributed by atoms with Crippen molar-refractivity contribution in [3.05, 3.63) is 78.1 Å². The zero-order valence-electron chi connectivity index (χ0n) is 16.5. The Hall–Kier alpha value is -2.57. The molecule has 0 radical (unpaired) electrons. The molecule has 0 saturated heterocycles. The lowest BCUT2D eigenvalue weighted by Gasteiger charge is -2.17. The highest BCUT2D eigenvalue weighted by molar-refractivity contribution is 5.85. The van der Waals surface area contributed by atoms with Crippen molar-refractivity contribution in [2.45, 2.75) is 33.0 Å². The molecule has 1 heterocycles. The molecule has 0 fully saturated rings. The minimum absolute atomic E-state index is 0. The summed E-state index contributed by atoms with van der Waals surface area (Å²) in [4.78, 5) is 4.04. The Morgan fingerprint density at radius 3 is 2.66 bits per heavy atom. The van der Waals surface area contributed by atoms with E-state index < -0.39 is 0 Å². The lowest BCUT2D eigenvalue weighted by molar-refractivity contribution is 0.262. The Morgan fingerprint density at radius 2 is 1.90 bits per heavy atom. The minimum Gasteiger partial charge on any atom is -0.490 e. The van der Waals surface area contributed by atoms with Crippen LogP contribution in [0.15, 0.2) is 61.2 Å². The summed E-state index contributed by atoms with van der Waals surface area (Å²) >= 11 is 0. The predicted octanol–water partition coefficient (Wildman–Crippen LogP) is 4.60. The molecule has 1 aromatic heterocycles. The second kappa shape index (κ2) is 12.1. The van der Waals surface area contributed by atoms with Crippen LogP contribution in [-0.2, 0) is 19.7 Å². The van der Waals surface area contributed by atoms with Gasteiger partial charge in [0.2, 0.25) is 0 Å². The topological polar surface area (TPSA) is 48.3 Å². The van der Waals surface area contributed by atoms with E-state index in [1.165, 1.54) is 6.07 Å². The van der Waals surface area contributed by atoms with Crippen LogP contribution in [-0.4, -0.2) is 22.7 Å². The van der Waals surface area contributed by atoms with Gasteiger partial charge in [0.1, 0.15) is 12.4 Å². The number of nitrogens with one attached hydrogen (secondary N) is 1. The lowest BCUT2D eigenvalue weighted by atomic mass is 10.1. The quantitative estimate of drug-likeness (QED) is 0.461. The molecule has 0 aliphatic rings. The zero-order chi connectivity index (χ0) is 19.6. The Kier molecular flexibility index (Phi) is 9.47. The number of rotatable bonds is 11. The third-order valence-electron chi connectivity index (χ3n) is 4.33. The van der Waals surface area contributed by atoms with Crippen LogP contribution in [0.2, 0.25) is 0 Å². The molecule has 0 atom stereocenters. The van der Waals surface area contributed by atoms with Crippen LogP contribution in [0, 0.1) is 5.82 Å². The van der Waals surface area contributed by atoms with E-state index in [4.69, 9.17) is 9.47 Å². The Labute approximate surface area is 177 Å². The number of benzene rings is 2.